The van der Waals surface area contributed by atoms with Crippen molar-refractivity contribution in [2.45, 2.75) is 20.0 Å². The maximum absolute atomic E-state index is 12.1. The van der Waals surface area contributed by atoms with E-state index in [-0.39, 0.29) is 16.6 Å². The van der Waals surface area contributed by atoms with E-state index in [1.807, 2.05) is 0 Å². The normalized spacial score (nSPS) is 11.6. The van der Waals surface area contributed by atoms with Gasteiger partial charge in [-0.2, -0.15) is 0 Å². The second kappa shape index (κ2) is 7.06. The minimum atomic E-state index is -0.951. The van der Waals surface area contributed by atoms with Gasteiger partial charge in [0.1, 0.15) is 0 Å². The number of pyridine rings is 1. The second-order valence-corrected chi connectivity index (χ2v) is 5.18. The van der Waals surface area contributed by atoms with Crippen molar-refractivity contribution in [3.63, 3.8) is 0 Å². The van der Waals surface area contributed by atoms with Gasteiger partial charge in [0.15, 0.2) is 17.0 Å². The van der Waals surface area contributed by atoms with Gasteiger partial charge in [-0.05, 0) is 37.6 Å². The Morgan fingerprint density at radius 3 is 2.83 bits per heavy atom. The number of amides is 1. The molecule has 1 amide bonds. The molecule has 0 saturated carbocycles. The van der Waals surface area contributed by atoms with Gasteiger partial charge in [0.05, 0.1) is 10.6 Å². The van der Waals surface area contributed by atoms with Crippen LogP contribution in [0.3, 0.4) is 0 Å². The van der Waals surface area contributed by atoms with Crippen molar-refractivity contribution >= 4 is 28.9 Å². The molecule has 1 atom stereocenters. The number of rotatable bonds is 5. The number of aromatic nitrogens is 1. The van der Waals surface area contributed by atoms with E-state index in [2.05, 4.69) is 10.3 Å². The van der Waals surface area contributed by atoms with E-state index >= 15 is 0 Å². The molecule has 120 valence electrons. The lowest BCUT2D eigenvalue weighted by molar-refractivity contribution is -0.386. The molecule has 2 rings (SSSR count). The largest absolute Gasteiger partial charge is 0.474 e. The Kier molecular flexibility index (Phi) is 5.13. The summed E-state index contributed by atoms with van der Waals surface area (Å²) in [6.07, 6.45) is 0.542. The average Bonchev–Trinajstić information content (AvgIpc) is 2.51. The number of nitrogens with zero attached hydrogens (tertiary/aromatic N) is 2. The highest BCUT2D eigenvalue weighted by atomic mass is 35.5. The molecule has 8 heteroatoms. The number of halogens is 1. The molecule has 0 bridgehead atoms. The molecule has 1 N–H and O–H groups in total. The summed E-state index contributed by atoms with van der Waals surface area (Å²) >= 11 is 5.86. The number of carbonyl (C=O) groups excluding carboxylic acids is 1. The fourth-order valence-electron chi connectivity index (χ4n) is 1.83. The summed E-state index contributed by atoms with van der Waals surface area (Å²) < 4.78 is 5.42. The lowest BCUT2D eigenvalue weighted by Gasteiger charge is -2.15. The summed E-state index contributed by atoms with van der Waals surface area (Å²) in [6, 6.07) is 7.74. The smallest absolute Gasteiger partial charge is 0.311 e. The third kappa shape index (κ3) is 4.17. The van der Waals surface area contributed by atoms with Crippen LogP contribution in [0, 0.1) is 17.0 Å². The number of hydrogen-bond donors (Lipinski definition) is 1. The van der Waals surface area contributed by atoms with Crippen LogP contribution in [-0.4, -0.2) is 21.9 Å². The first-order valence-electron chi connectivity index (χ1n) is 6.71. The van der Waals surface area contributed by atoms with Crippen molar-refractivity contribution in [1.82, 2.24) is 4.98 Å². The molecule has 7 nitrogen and oxygen atoms in total. The minimum Gasteiger partial charge on any atom is -0.474 e. The highest BCUT2D eigenvalue weighted by molar-refractivity contribution is 6.32. The van der Waals surface area contributed by atoms with E-state index in [1.165, 1.54) is 25.3 Å². The van der Waals surface area contributed by atoms with Gasteiger partial charge in [-0.3, -0.25) is 14.9 Å². The topological polar surface area (TPSA) is 94.4 Å². The zero-order chi connectivity index (χ0) is 17.0. The molecule has 0 aliphatic heterocycles. The summed E-state index contributed by atoms with van der Waals surface area (Å²) in [5, 5.41) is 13.8. The standard InChI is InChI=1S/C15H14ClN3O4/c1-9-5-6-13(12(8-9)19(21)22)23-10(2)15(20)18-11-4-3-7-17-14(11)16/h3-8,10H,1-2H3,(H,18,20)/t10-/m1/s1. The summed E-state index contributed by atoms with van der Waals surface area (Å²) in [4.78, 5) is 26.5. The Hall–Kier alpha value is -2.67. The monoisotopic (exact) mass is 335 g/mol. The molecule has 0 aliphatic carbocycles. The van der Waals surface area contributed by atoms with E-state index in [1.54, 1.807) is 25.1 Å². The van der Waals surface area contributed by atoms with Gasteiger partial charge in [-0.15, -0.1) is 0 Å². The van der Waals surface area contributed by atoms with Crippen LogP contribution in [0.4, 0.5) is 11.4 Å². The molecule has 0 fully saturated rings. The van der Waals surface area contributed by atoms with E-state index in [4.69, 9.17) is 16.3 Å². The van der Waals surface area contributed by atoms with Crippen LogP contribution >= 0.6 is 11.6 Å². The molecule has 0 unspecified atom stereocenters. The van der Waals surface area contributed by atoms with Gasteiger partial charge in [0.2, 0.25) is 0 Å². The molecule has 1 aromatic carbocycles. The number of nitro groups is 1. The van der Waals surface area contributed by atoms with Crippen molar-refractivity contribution in [3.8, 4) is 5.75 Å². The molecule has 0 spiro atoms. The summed E-state index contributed by atoms with van der Waals surface area (Å²) in [5.41, 5.74) is 0.875. The van der Waals surface area contributed by atoms with Crippen LogP contribution in [0.15, 0.2) is 36.5 Å². The van der Waals surface area contributed by atoms with Gasteiger partial charge in [-0.1, -0.05) is 17.7 Å². The Morgan fingerprint density at radius 1 is 1.43 bits per heavy atom. The van der Waals surface area contributed by atoms with E-state index < -0.39 is 16.9 Å². The van der Waals surface area contributed by atoms with Gasteiger partial charge in [0.25, 0.3) is 5.91 Å². The van der Waals surface area contributed by atoms with Crippen LogP contribution in [0.2, 0.25) is 5.15 Å². The third-order valence-corrected chi connectivity index (χ3v) is 3.30. The van der Waals surface area contributed by atoms with Crippen LogP contribution in [0.1, 0.15) is 12.5 Å². The molecular formula is C15H14ClN3O4. The number of nitrogens with one attached hydrogen (secondary N) is 1. The zero-order valence-corrected chi connectivity index (χ0v) is 13.2. The van der Waals surface area contributed by atoms with Crippen LogP contribution in [-0.2, 0) is 4.79 Å². The number of anilines is 1. The maximum Gasteiger partial charge on any atom is 0.311 e. The van der Waals surface area contributed by atoms with Gasteiger partial charge >= 0.3 is 5.69 Å². The molecule has 2 aromatic rings. The third-order valence-electron chi connectivity index (χ3n) is 3.00. The summed E-state index contributed by atoms with van der Waals surface area (Å²) in [5.74, 6) is -0.463. The van der Waals surface area contributed by atoms with Crippen molar-refractivity contribution in [1.29, 1.82) is 0 Å². The number of nitro benzene ring substituents is 1. The lowest BCUT2D eigenvalue weighted by atomic mass is 10.2. The predicted octanol–water partition coefficient (Wildman–Crippen LogP) is 3.36. The number of ether oxygens (including phenoxy) is 1. The zero-order valence-electron chi connectivity index (χ0n) is 12.4. The summed E-state index contributed by atoms with van der Waals surface area (Å²) in [7, 11) is 0. The molecule has 1 heterocycles. The van der Waals surface area contributed by atoms with Crippen LogP contribution in [0.25, 0.3) is 0 Å². The molecule has 1 aromatic heterocycles. The number of carbonyl (C=O) groups is 1. The predicted molar refractivity (Wildman–Crippen MR) is 85.8 cm³/mol. The average molecular weight is 336 g/mol. The first-order valence-corrected chi connectivity index (χ1v) is 7.09. The van der Waals surface area contributed by atoms with E-state index in [0.717, 1.165) is 5.56 Å². The van der Waals surface area contributed by atoms with Crippen molar-refractivity contribution in [2.24, 2.45) is 0 Å². The fourth-order valence-corrected chi connectivity index (χ4v) is 1.99. The van der Waals surface area contributed by atoms with Gasteiger partial charge < -0.3 is 10.1 Å². The first kappa shape index (κ1) is 16.7. The van der Waals surface area contributed by atoms with E-state index in [0.29, 0.717) is 5.69 Å². The van der Waals surface area contributed by atoms with Crippen LogP contribution in [0.5, 0.6) is 5.75 Å². The molecule has 0 saturated heterocycles. The molecule has 0 radical (unpaired) electrons. The maximum atomic E-state index is 12.1. The SMILES string of the molecule is Cc1ccc(O[C@H](C)C(=O)Nc2cccnc2Cl)c([N+](=O)[O-])c1. The highest BCUT2D eigenvalue weighted by Crippen LogP contribution is 2.29. The Balaban J connectivity index is 2.13. The number of hydrogen-bond acceptors (Lipinski definition) is 5. The summed E-state index contributed by atoms with van der Waals surface area (Å²) in [6.45, 7) is 3.22. The molecule has 0 aliphatic rings. The Bertz CT molecular complexity index is 751. The lowest BCUT2D eigenvalue weighted by Crippen LogP contribution is -2.30. The van der Waals surface area contributed by atoms with Gasteiger partial charge in [-0.25, -0.2) is 4.98 Å². The van der Waals surface area contributed by atoms with Crippen molar-refractivity contribution in [3.05, 3.63) is 57.4 Å². The van der Waals surface area contributed by atoms with Crippen LogP contribution < -0.4 is 10.1 Å². The fraction of sp³-hybridized carbons (Fsp3) is 0.200. The minimum absolute atomic E-state index is 0.0283. The number of aryl methyl sites for hydroxylation is 1. The Morgan fingerprint density at radius 2 is 2.17 bits per heavy atom. The second-order valence-electron chi connectivity index (χ2n) is 4.82. The molecular weight excluding hydrogens is 322 g/mol. The van der Waals surface area contributed by atoms with Crippen molar-refractivity contribution in [2.75, 3.05) is 5.32 Å². The van der Waals surface area contributed by atoms with Gasteiger partial charge in [0, 0.05) is 12.3 Å². The number of benzene rings is 1. The van der Waals surface area contributed by atoms with Crippen molar-refractivity contribution < 1.29 is 14.5 Å². The highest BCUT2D eigenvalue weighted by Gasteiger charge is 2.21. The van der Waals surface area contributed by atoms with E-state index in [9.17, 15) is 14.9 Å². The first-order chi connectivity index (χ1) is 10.9. The quantitative estimate of drug-likeness (QED) is 0.513. The molecule has 23 heavy (non-hydrogen) atoms. The Labute approximate surface area is 137 Å².